The van der Waals surface area contributed by atoms with Crippen molar-refractivity contribution in [2.45, 2.75) is 45.0 Å². The van der Waals surface area contributed by atoms with E-state index in [0.717, 1.165) is 21.4 Å². The van der Waals surface area contributed by atoms with Crippen molar-refractivity contribution in [3.63, 3.8) is 0 Å². The predicted molar refractivity (Wildman–Crippen MR) is 166 cm³/mol. The number of carboxylic acid groups (broad SMARTS) is 2. The van der Waals surface area contributed by atoms with Crippen LogP contribution in [0.2, 0.25) is 0 Å². The number of carbonyl (C=O) groups is 2. The zero-order valence-corrected chi connectivity index (χ0v) is 28.4. The standard InChI is InChI=1S/C29H31Br2O10PS/c1-19-4-14-25(15-5-19)43(37,38)41-26(27(32)33)20(2)29(3,28(34)35)18-42(36,39-16-21-6-10-23(30)11-7-21)40-17-22-8-12-24(31)13-9-22/h4-15,20,26H,16-18H2,1-3H3,(H,32,33)(H,34,35)/t20?,26-,29+/m0/s1. The Labute approximate surface area is 267 Å². The maximum Gasteiger partial charge on any atom is 0.334 e. The Hall–Kier alpha value is -2.38. The molecular weight excluding hydrogens is 731 g/mol. The highest BCUT2D eigenvalue weighted by molar-refractivity contribution is 9.10. The van der Waals surface area contributed by atoms with Crippen molar-refractivity contribution in [2.75, 3.05) is 6.16 Å². The highest BCUT2D eigenvalue weighted by atomic mass is 79.9. The van der Waals surface area contributed by atoms with Crippen molar-refractivity contribution in [1.29, 1.82) is 0 Å². The van der Waals surface area contributed by atoms with E-state index in [2.05, 4.69) is 31.9 Å². The van der Waals surface area contributed by atoms with Crippen LogP contribution in [0.4, 0.5) is 0 Å². The Balaban J connectivity index is 1.94. The zero-order chi connectivity index (χ0) is 32.0. The van der Waals surface area contributed by atoms with E-state index in [4.69, 9.17) is 13.2 Å². The lowest BCUT2D eigenvalue weighted by atomic mass is 9.76. The predicted octanol–water partition coefficient (Wildman–Crippen LogP) is 7.03. The fourth-order valence-corrected chi connectivity index (χ4v) is 7.82. The number of hydrogen-bond donors (Lipinski definition) is 2. The number of halogens is 2. The van der Waals surface area contributed by atoms with Crippen molar-refractivity contribution in [2.24, 2.45) is 11.3 Å². The van der Waals surface area contributed by atoms with Crippen molar-refractivity contribution in [1.82, 2.24) is 0 Å². The molecule has 0 aromatic heterocycles. The van der Waals surface area contributed by atoms with Gasteiger partial charge in [-0.1, -0.05) is 80.7 Å². The molecule has 0 radical (unpaired) electrons. The molecule has 0 amide bonds. The summed E-state index contributed by atoms with van der Waals surface area (Å²) in [6, 6.07) is 19.4. The van der Waals surface area contributed by atoms with Gasteiger partial charge in [0.15, 0.2) is 6.10 Å². The summed E-state index contributed by atoms with van der Waals surface area (Å²) in [5, 5.41) is 20.3. The van der Waals surface area contributed by atoms with Gasteiger partial charge in [0, 0.05) is 14.9 Å². The molecule has 0 fully saturated rings. The van der Waals surface area contributed by atoms with Crippen LogP contribution in [-0.4, -0.2) is 42.8 Å². The van der Waals surface area contributed by atoms with Crippen LogP contribution >= 0.6 is 39.5 Å². The first kappa shape index (κ1) is 35.1. The SMILES string of the molecule is Cc1ccc(S(=O)(=O)O[C@H](C(=O)O)C(C)[C@@](C)(CP(=O)(OCc2ccc(Br)cc2)OCc2ccc(Br)cc2)C(=O)O)cc1. The molecule has 2 N–H and O–H groups in total. The van der Waals surface area contributed by atoms with Crippen LogP contribution in [0, 0.1) is 18.3 Å². The normalized spacial score (nSPS) is 14.9. The molecule has 0 bridgehead atoms. The summed E-state index contributed by atoms with van der Waals surface area (Å²) in [6.45, 7) is 3.72. The maximum atomic E-state index is 14.2. The second-order valence-electron chi connectivity index (χ2n) is 10.2. The van der Waals surface area contributed by atoms with E-state index in [1.165, 1.54) is 31.2 Å². The average molecular weight is 762 g/mol. The number of carboxylic acids is 2. The van der Waals surface area contributed by atoms with Gasteiger partial charge in [-0.05, 0) is 61.4 Å². The summed E-state index contributed by atoms with van der Waals surface area (Å²) in [4.78, 5) is 24.7. The van der Waals surface area contributed by atoms with E-state index in [9.17, 15) is 32.8 Å². The molecule has 14 heteroatoms. The van der Waals surface area contributed by atoms with E-state index in [-0.39, 0.29) is 18.1 Å². The summed E-state index contributed by atoms with van der Waals surface area (Å²) in [5.41, 5.74) is -0.128. The quantitative estimate of drug-likeness (QED) is 0.122. The fourth-order valence-electron chi connectivity index (χ4n) is 4.01. The smallest absolute Gasteiger partial charge is 0.334 e. The Morgan fingerprint density at radius 2 is 1.30 bits per heavy atom. The van der Waals surface area contributed by atoms with Crippen molar-refractivity contribution in [3.05, 3.63) is 98.4 Å². The monoisotopic (exact) mass is 760 g/mol. The lowest BCUT2D eigenvalue weighted by molar-refractivity contribution is -0.158. The number of hydrogen-bond acceptors (Lipinski definition) is 8. The molecule has 1 unspecified atom stereocenters. The molecule has 0 aliphatic rings. The molecule has 3 aromatic rings. The summed E-state index contributed by atoms with van der Waals surface area (Å²) in [5.74, 6) is -4.78. The van der Waals surface area contributed by atoms with Gasteiger partial charge < -0.3 is 19.3 Å². The van der Waals surface area contributed by atoms with Crippen molar-refractivity contribution in [3.8, 4) is 0 Å². The van der Waals surface area contributed by atoms with Gasteiger partial charge in [0.1, 0.15) is 0 Å². The first-order valence-electron chi connectivity index (χ1n) is 12.9. The van der Waals surface area contributed by atoms with Gasteiger partial charge in [-0.3, -0.25) is 13.5 Å². The van der Waals surface area contributed by atoms with E-state index in [0.29, 0.717) is 11.1 Å². The van der Waals surface area contributed by atoms with Gasteiger partial charge >= 0.3 is 19.5 Å². The summed E-state index contributed by atoms with van der Waals surface area (Å²) in [6.07, 6.45) is -2.92. The van der Waals surface area contributed by atoms with Crippen LogP contribution in [0.15, 0.2) is 86.6 Å². The van der Waals surface area contributed by atoms with Crippen LogP contribution in [0.1, 0.15) is 30.5 Å². The minimum Gasteiger partial charge on any atom is -0.481 e. The Morgan fingerprint density at radius 1 is 0.860 bits per heavy atom. The molecule has 0 saturated heterocycles. The molecule has 3 atom stereocenters. The molecule has 3 rings (SSSR count). The molecule has 232 valence electrons. The van der Waals surface area contributed by atoms with Gasteiger partial charge in [0.05, 0.1) is 29.7 Å². The van der Waals surface area contributed by atoms with Crippen LogP contribution in [0.5, 0.6) is 0 Å². The zero-order valence-electron chi connectivity index (χ0n) is 23.5. The molecule has 43 heavy (non-hydrogen) atoms. The topological polar surface area (TPSA) is 154 Å². The van der Waals surface area contributed by atoms with Gasteiger partial charge in [-0.15, -0.1) is 0 Å². The van der Waals surface area contributed by atoms with Gasteiger partial charge in [-0.25, -0.2) is 4.79 Å². The molecule has 10 nitrogen and oxygen atoms in total. The minimum atomic E-state index is -4.61. The fraction of sp³-hybridized carbons (Fsp3) is 0.310. The Morgan fingerprint density at radius 3 is 1.70 bits per heavy atom. The van der Waals surface area contributed by atoms with Crippen LogP contribution in [0.25, 0.3) is 0 Å². The van der Waals surface area contributed by atoms with E-state index in [1.54, 1.807) is 55.5 Å². The van der Waals surface area contributed by atoms with Gasteiger partial charge in [-0.2, -0.15) is 8.42 Å². The molecule has 0 aliphatic carbocycles. The lowest BCUT2D eigenvalue weighted by Gasteiger charge is -2.36. The third kappa shape index (κ3) is 9.55. The largest absolute Gasteiger partial charge is 0.481 e. The van der Waals surface area contributed by atoms with Crippen LogP contribution in [-0.2, 0) is 50.7 Å². The molecule has 0 saturated carbocycles. The maximum absolute atomic E-state index is 14.2. The molecule has 3 aromatic carbocycles. The van der Waals surface area contributed by atoms with Crippen molar-refractivity contribution >= 4 is 61.5 Å². The third-order valence-corrected chi connectivity index (χ3v) is 11.4. The van der Waals surface area contributed by atoms with E-state index >= 15 is 0 Å². The number of aryl methyl sites for hydroxylation is 1. The summed E-state index contributed by atoms with van der Waals surface area (Å²) >= 11 is 6.67. The Bertz CT molecular complexity index is 1530. The van der Waals surface area contributed by atoms with Gasteiger partial charge in [0.2, 0.25) is 0 Å². The number of rotatable bonds is 15. The number of benzene rings is 3. The lowest BCUT2D eigenvalue weighted by Crippen LogP contribution is -2.47. The Kier molecular flexibility index (Phi) is 11.9. The second kappa shape index (κ2) is 14.6. The van der Waals surface area contributed by atoms with Crippen molar-refractivity contribution < 1.29 is 46.0 Å². The van der Waals surface area contributed by atoms with Gasteiger partial charge in [0.25, 0.3) is 10.1 Å². The number of aliphatic carboxylic acids is 2. The van der Waals surface area contributed by atoms with E-state index in [1.807, 2.05) is 0 Å². The highest BCUT2D eigenvalue weighted by Crippen LogP contribution is 2.56. The van der Waals surface area contributed by atoms with E-state index < -0.39 is 53.3 Å². The summed E-state index contributed by atoms with van der Waals surface area (Å²) in [7, 11) is -8.90. The molecular formula is C29H31Br2O10PS. The first-order chi connectivity index (χ1) is 20.0. The molecule has 0 aliphatic heterocycles. The molecule has 0 heterocycles. The van der Waals surface area contributed by atoms with Crippen LogP contribution in [0.3, 0.4) is 0 Å². The molecule has 0 spiro atoms. The minimum absolute atomic E-state index is 0.199. The second-order valence-corrected chi connectivity index (χ2v) is 15.7. The highest BCUT2D eigenvalue weighted by Gasteiger charge is 2.52. The average Bonchev–Trinajstić information content (AvgIpc) is 2.95. The first-order valence-corrected chi connectivity index (χ1v) is 17.6. The van der Waals surface area contributed by atoms with Crippen LogP contribution < -0.4 is 0 Å². The third-order valence-electron chi connectivity index (χ3n) is 6.94. The summed E-state index contributed by atoms with van der Waals surface area (Å²) < 4.78 is 58.4.